The molecule has 5 N–H and O–H groups in total. The summed E-state index contributed by atoms with van der Waals surface area (Å²) in [5.41, 5.74) is 6.54. The van der Waals surface area contributed by atoms with Crippen molar-refractivity contribution in [1.82, 2.24) is 15.6 Å². The Bertz CT molecular complexity index is 896. The van der Waals surface area contributed by atoms with Gasteiger partial charge < -0.3 is 21.5 Å². The van der Waals surface area contributed by atoms with E-state index in [0.29, 0.717) is 43.3 Å². The van der Waals surface area contributed by atoms with E-state index in [9.17, 15) is 19.5 Å². The first-order chi connectivity index (χ1) is 14.0. The Hall–Kier alpha value is -3.00. The Labute approximate surface area is 168 Å². The Morgan fingerprint density at radius 2 is 2.00 bits per heavy atom. The van der Waals surface area contributed by atoms with Crippen molar-refractivity contribution < 1.29 is 19.5 Å². The minimum atomic E-state index is -0.905. The highest BCUT2D eigenvalue weighted by Crippen LogP contribution is 2.26. The van der Waals surface area contributed by atoms with Crippen LogP contribution >= 0.6 is 0 Å². The summed E-state index contributed by atoms with van der Waals surface area (Å²) >= 11 is 0. The number of benzene rings is 1. The average Bonchev–Trinajstić information content (AvgIpc) is 3.18. The summed E-state index contributed by atoms with van der Waals surface area (Å²) in [4.78, 5) is 41.4. The van der Waals surface area contributed by atoms with E-state index in [1.807, 2.05) is 12.1 Å². The van der Waals surface area contributed by atoms with Gasteiger partial charge in [-0.25, -0.2) is 0 Å². The number of carboxylic acid groups (broad SMARTS) is 1. The summed E-state index contributed by atoms with van der Waals surface area (Å²) in [5, 5.41) is 15.8. The molecule has 8 nitrogen and oxygen atoms in total. The second-order valence-electron chi connectivity index (χ2n) is 7.33. The van der Waals surface area contributed by atoms with Crippen molar-refractivity contribution in [3.8, 4) is 0 Å². The highest BCUT2D eigenvalue weighted by molar-refractivity contribution is 6.06. The molecule has 0 unspecified atom stereocenters. The van der Waals surface area contributed by atoms with Gasteiger partial charge in [0.1, 0.15) is 6.04 Å². The number of carbonyl (C=O) groups is 3. The quantitative estimate of drug-likeness (QED) is 0.531. The van der Waals surface area contributed by atoms with Crippen molar-refractivity contribution in [2.24, 2.45) is 11.7 Å². The maximum absolute atomic E-state index is 12.9. The molecule has 1 saturated carbocycles. The first-order valence-corrected chi connectivity index (χ1v) is 9.89. The Balaban J connectivity index is 1.75. The lowest BCUT2D eigenvalue weighted by Gasteiger charge is -2.23. The molecule has 0 aliphatic heterocycles. The molecule has 1 fully saturated rings. The van der Waals surface area contributed by atoms with E-state index >= 15 is 0 Å². The van der Waals surface area contributed by atoms with Crippen LogP contribution in [0.5, 0.6) is 0 Å². The molecule has 2 amide bonds. The third kappa shape index (κ3) is 4.89. The standard InChI is InChI=1S/C21H26N4O4/c22-11-3-10-17(20(27)24-16-9-2-7-14(16)21(28)29)25-19(26)15-8-1-5-13-6-4-12-23-18(13)15/h1,4-6,8,12,14,16-17H,2-3,7,9-11,22H2,(H,24,27)(H,25,26)(H,28,29)/t14-,16+,17+/m1/s1. The number of para-hydroxylation sites is 1. The number of fused-ring (bicyclic) bond motifs is 1. The third-order valence-electron chi connectivity index (χ3n) is 5.36. The van der Waals surface area contributed by atoms with Crippen LogP contribution in [-0.4, -0.2) is 46.5 Å². The van der Waals surface area contributed by atoms with E-state index in [1.54, 1.807) is 24.4 Å². The fraction of sp³-hybridized carbons (Fsp3) is 0.429. The maximum atomic E-state index is 12.9. The lowest BCUT2D eigenvalue weighted by Crippen LogP contribution is -2.51. The van der Waals surface area contributed by atoms with Crippen molar-refractivity contribution in [2.75, 3.05) is 6.54 Å². The van der Waals surface area contributed by atoms with Crippen molar-refractivity contribution in [2.45, 2.75) is 44.2 Å². The van der Waals surface area contributed by atoms with Crippen LogP contribution in [0.1, 0.15) is 42.5 Å². The second-order valence-corrected chi connectivity index (χ2v) is 7.33. The predicted octanol–water partition coefficient (Wildman–Crippen LogP) is 1.44. The van der Waals surface area contributed by atoms with Crippen LogP contribution in [0.2, 0.25) is 0 Å². The van der Waals surface area contributed by atoms with Gasteiger partial charge in [-0.2, -0.15) is 0 Å². The largest absolute Gasteiger partial charge is 0.481 e. The highest BCUT2D eigenvalue weighted by atomic mass is 16.4. The van der Waals surface area contributed by atoms with Gasteiger partial charge in [0.15, 0.2) is 0 Å². The molecule has 0 bridgehead atoms. The third-order valence-corrected chi connectivity index (χ3v) is 5.36. The Morgan fingerprint density at radius 3 is 2.76 bits per heavy atom. The van der Waals surface area contributed by atoms with E-state index in [0.717, 1.165) is 11.8 Å². The van der Waals surface area contributed by atoms with E-state index in [-0.39, 0.29) is 5.91 Å². The second kappa shape index (κ2) is 9.47. The zero-order valence-corrected chi connectivity index (χ0v) is 16.1. The molecule has 1 aliphatic carbocycles. The Kier molecular flexibility index (Phi) is 6.77. The van der Waals surface area contributed by atoms with E-state index < -0.39 is 29.9 Å². The summed E-state index contributed by atoms with van der Waals surface area (Å²) in [5.74, 6) is -2.27. The van der Waals surface area contributed by atoms with E-state index in [2.05, 4.69) is 15.6 Å². The number of hydrogen-bond donors (Lipinski definition) is 4. The van der Waals surface area contributed by atoms with Crippen LogP contribution in [-0.2, 0) is 9.59 Å². The number of aromatic nitrogens is 1. The van der Waals surface area contributed by atoms with Crippen molar-refractivity contribution in [1.29, 1.82) is 0 Å². The van der Waals surface area contributed by atoms with Crippen molar-refractivity contribution in [3.63, 3.8) is 0 Å². The van der Waals surface area contributed by atoms with E-state index in [1.165, 1.54) is 0 Å². The molecule has 3 atom stereocenters. The summed E-state index contributed by atoms with van der Waals surface area (Å²) < 4.78 is 0. The summed E-state index contributed by atoms with van der Waals surface area (Å²) in [6.45, 7) is 0.386. The molecule has 0 radical (unpaired) electrons. The number of amides is 2. The van der Waals surface area contributed by atoms with Crippen molar-refractivity contribution in [3.05, 3.63) is 42.1 Å². The van der Waals surface area contributed by atoms with Gasteiger partial charge in [-0.05, 0) is 44.4 Å². The van der Waals surface area contributed by atoms with Gasteiger partial charge in [0.05, 0.1) is 17.0 Å². The van der Waals surface area contributed by atoms with Crippen LogP contribution in [0.25, 0.3) is 10.9 Å². The molecule has 0 spiro atoms. The summed E-state index contributed by atoms with van der Waals surface area (Å²) in [7, 11) is 0. The normalized spacial score (nSPS) is 19.6. The number of carbonyl (C=O) groups excluding carboxylic acids is 2. The SMILES string of the molecule is NCCC[C@H](NC(=O)c1cccc2cccnc12)C(=O)N[C@H]1CCC[C@H]1C(=O)O. The first-order valence-electron chi connectivity index (χ1n) is 9.89. The number of nitrogens with zero attached hydrogens (tertiary/aromatic N) is 1. The molecular formula is C21H26N4O4. The molecule has 154 valence electrons. The van der Waals surface area contributed by atoms with Gasteiger partial charge >= 0.3 is 5.97 Å². The molecule has 1 aromatic heterocycles. The lowest BCUT2D eigenvalue weighted by molar-refractivity contribution is -0.142. The van der Waals surface area contributed by atoms with Crippen LogP contribution < -0.4 is 16.4 Å². The summed E-state index contributed by atoms with van der Waals surface area (Å²) in [6.07, 6.45) is 4.46. The van der Waals surface area contributed by atoms with Gasteiger partial charge in [-0.1, -0.05) is 24.6 Å². The fourth-order valence-corrected chi connectivity index (χ4v) is 3.83. The van der Waals surface area contributed by atoms with Gasteiger partial charge in [0, 0.05) is 17.6 Å². The van der Waals surface area contributed by atoms with Gasteiger partial charge in [0.25, 0.3) is 5.91 Å². The Morgan fingerprint density at radius 1 is 1.21 bits per heavy atom. The number of carboxylic acids is 1. The molecular weight excluding hydrogens is 372 g/mol. The fourth-order valence-electron chi connectivity index (χ4n) is 3.83. The van der Waals surface area contributed by atoms with Crippen LogP contribution in [0, 0.1) is 5.92 Å². The van der Waals surface area contributed by atoms with Crippen molar-refractivity contribution >= 4 is 28.7 Å². The minimum absolute atomic E-state index is 0.372. The lowest BCUT2D eigenvalue weighted by atomic mass is 10.0. The number of aliphatic carboxylic acids is 1. The molecule has 3 rings (SSSR count). The molecule has 8 heteroatoms. The molecule has 1 aromatic carbocycles. The summed E-state index contributed by atoms with van der Waals surface area (Å²) in [6, 6.07) is 7.75. The van der Waals surface area contributed by atoms with Crippen LogP contribution in [0.15, 0.2) is 36.5 Å². The molecule has 29 heavy (non-hydrogen) atoms. The number of rotatable bonds is 8. The average molecular weight is 398 g/mol. The predicted molar refractivity (Wildman–Crippen MR) is 108 cm³/mol. The number of pyridine rings is 1. The first kappa shape index (κ1) is 20.7. The van der Waals surface area contributed by atoms with Crippen LogP contribution in [0.4, 0.5) is 0 Å². The topological polar surface area (TPSA) is 134 Å². The molecule has 2 aromatic rings. The van der Waals surface area contributed by atoms with Gasteiger partial charge in [0.2, 0.25) is 5.91 Å². The van der Waals surface area contributed by atoms with Gasteiger partial charge in [-0.15, -0.1) is 0 Å². The monoisotopic (exact) mass is 398 g/mol. The highest BCUT2D eigenvalue weighted by Gasteiger charge is 2.35. The minimum Gasteiger partial charge on any atom is -0.481 e. The smallest absolute Gasteiger partial charge is 0.308 e. The maximum Gasteiger partial charge on any atom is 0.308 e. The zero-order valence-electron chi connectivity index (χ0n) is 16.1. The number of nitrogens with two attached hydrogens (primary N) is 1. The molecule has 1 aliphatic rings. The number of nitrogens with one attached hydrogen (secondary N) is 2. The van der Waals surface area contributed by atoms with Crippen LogP contribution in [0.3, 0.4) is 0 Å². The van der Waals surface area contributed by atoms with Gasteiger partial charge in [-0.3, -0.25) is 19.4 Å². The molecule has 0 saturated heterocycles. The number of hydrogen-bond acceptors (Lipinski definition) is 5. The van der Waals surface area contributed by atoms with E-state index in [4.69, 9.17) is 5.73 Å². The molecule has 1 heterocycles. The zero-order chi connectivity index (χ0) is 20.8.